The van der Waals surface area contributed by atoms with E-state index in [2.05, 4.69) is 30.7 Å². The van der Waals surface area contributed by atoms with Crippen molar-refractivity contribution in [3.63, 3.8) is 0 Å². The third-order valence-corrected chi connectivity index (χ3v) is 1.97. The number of nitrogens with zero attached hydrogens (tertiary/aromatic N) is 4. The van der Waals surface area contributed by atoms with Crippen molar-refractivity contribution in [1.82, 2.24) is 25.4 Å². The molecule has 7 nitrogen and oxygen atoms in total. The summed E-state index contributed by atoms with van der Waals surface area (Å²) >= 11 is 0. The predicted octanol–water partition coefficient (Wildman–Crippen LogP) is 0.258. The van der Waals surface area contributed by atoms with Crippen LogP contribution in [0.3, 0.4) is 0 Å². The van der Waals surface area contributed by atoms with Crippen molar-refractivity contribution in [3.05, 3.63) is 24.2 Å². The van der Waals surface area contributed by atoms with Gasteiger partial charge >= 0.3 is 0 Å². The molecule has 16 heavy (non-hydrogen) atoms. The Labute approximate surface area is 92.3 Å². The molecule has 0 atom stereocenters. The summed E-state index contributed by atoms with van der Waals surface area (Å²) in [5.74, 6) is 1.08. The van der Waals surface area contributed by atoms with Crippen LogP contribution in [0.5, 0.6) is 5.88 Å². The van der Waals surface area contributed by atoms with Crippen molar-refractivity contribution >= 4 is 5.95 Å². The summed E-state index contributed by atoms with van der Waals surface area (Å²) in [4.78, 5) is 8.18. The molecule has 0 bridgehead atoms. The van der Waals surface area contributed by atoms with Gasteiger partial charge in [0.2, 0.25) is 11.8 Å². The fraction of sp³-hybridized carbons (Fsp3) is 0.333. The van der Waals surface area contributed by atoms with E-state index in [1.165, 1.54) is 0 Å². The van der Waals surface area contributed by atoms with Crippen LogP contribution in [0.25, 0.3) is 0 Å². The molecule has 0 fully saturated rings. The van der Waals surface area contributed by atoms with Crippen molar-refractivity contribution < 1.29 is 4.74 Å². The second-order valence-electron chi connectivity index (χ2n) is 3.06. The van der Waals surface area contributed by atoms with E-state index < -0.39 is 0 Å². The lowest BCUT2D eigenvalue weighted by molar-refractivity contribution is 0.397. The van der Waals surface area contributed by atoms with Crippen LogP contribution in [0.15, 0.2) is 18.5 Å². The maximum absolute atomic E-state index is 4.99. The summed E-state index contributed by atoms with van der Waals surface area (Å²) in [6.45, 7) is 0.694. The van der Waals surface area contributed by atoms with Crippen LogP contribution in [0.4, 0.5) is 5.95 Å². The van der Waals surface area contributed by atoms with Gasteiger partial charge in [0.25, 0.3) is 0 Å². The fourth-order valence-electron chi connectivity index (χ4n) is 1.19. The summed E-state index contributed by atoms with van der Waals surface area (Å²) in [6, 6.07) is 1.70. The van der Waals surface area contributed by atoms with Crippen LogP contribution in [0.1, 0.15) is 5.69 Å². The average Bonchev–Trinajstić information content (AvgIpc) is 2.82. The van der Waals surface area contributed by atoms with Gasteiger partial charge in [-0.25, -0.2) is 4.98 Å². The molecule has 2 aromatic rings. The molecule has 0 saturated heterocycles. The van der Waals surface area contributed by atoms with Crippen LogP contribution in [0, 0.1) is 0 Å². The minimum atomic E-state index is 0.541. The van der Waals surface area contributed by atoms with Gasteiger partial charge < -0.3 is 10.1 Å². The zero-order chi connectivity index (χ0) is 11.2. The molecule has 0 saturated carbocycles. The third kappa shape index (κ3) is 2.66. The van der Waals surface area contributed by atoms with E-state index in [1.807, 2.05) is 0 Å². The number of anilines is 1. The van der Waals surface area contributed by atoms with Crippen molar-refractivity contribution in [1.29, 1.82) is 0 Å². The van der Waals surface area contributed by atoms with Crippen molar-refractivity contribution in [2.45, 2.75) is 6.42 Å². The zero-order valence-corrected chi connectivity index (χ0v) is 8.84. The highest BCUT2D eigenvalue weighted by Crippen LogP contribution is 2.06. The second kappa shape index (κ2) is 5.06. The van der Waals surface area contributed by atoms with Crippen LogP contribution < -0.4 is 10.1 Å². The van der Waals surface area contributed by atoms with E-state index in [9.17, 15) is 0 Å². The molecule has 7 heteroatoms. The molecule has 2 aromatic heterocycles. The highest BCUT2D eigenvalue weighted by Gasteiger charge is 1.99. The number of ether oxygens (including phenoxy) is 1. The van der Waals surface area contributed by atoms with E-state index in [0.29, 0.717) is 18.4 Å². The van der Waals surface area contributed by atoms with Crippen LogP contribution in [0.2, 0.25) is 0 Å². The molecular weight excluding hydrogens is 208 g/mol. The Morgan fingerprint density at radius 1 is 1.50 bits per heavy atom. The van der Waals surface area contributed by atoms with Gasteiger partial charge in [0.05, 0.1) is 19.0 Å². The first kappa shape index (κ1) is 10.3. The largest absolute Gasteiger partial charge is 0.481 e. The Bertz CT molecular complexity index is 429. The van der Waals surface area contributed by atoms with Crippen molar-refractivity contribution in [2.24, 2.45) is 0 Å². The molecule has 0 aliphatic heterocycles. The first-order valence-corrected chi connectivity index (χ1v) is 4.84. The molecule has 0 radical (unpaired) electrons. The topological polar surface area (TPSA) is 88.6 Å². The first-order valence-electron chi connectivity index (χ1n) is 4.84. The van der Waals surface area contributed by atoms with E-state index >= 15 is 0 Å². The number of rotatable bonds is 5. The number of hydrogen-bond donors (Lipinski definition) is 2. The Morgan fingerprint density at radius 3 is 3.19 bits per heavy atom. The molecule has 0 spiro atoms. The Hall–Kier alpha value is -2.18. The minimum Gasteiger partial charge on any atom is -0.481 e. The van der Waals surface area contributed by atoms with Gasteiger partial charge in [0, 0.05) is 25.2 Å². The Morgan fingerprint density at radius 2 is 2.44 bits per heavy atom. The van der Waals surface area contributed by atoms with E-state index in [4.69, 9.17) is 4.74 Å². The number of aromatic nitrogens is 5. The maximum atomic E-state index is 4.99. The molecule has 84 valence electrons. The lowest BCUT2D eigenvalue weighted by Crippen LogP contribution is -2.08. The van der Waals surface area contributed by atoms with Crippen molar-refractivity contribution in [2.75, 3.05) is 19.0 Å². The molecule has 0 aromatic carbocycles. The number of methoxy groups -OCH3 is 1. The Balaban J connectivity index is 1.85. The molecule has 0 aliphatic rings. The summed E-state index contributed by atoms with van der Waals surface area (Å²) < 4.78 is 4.99. The number of nitrogens with one attached hydrogen (secondary N) is 2. The maximum Gasteiger partial charge on any atom is 0.225 e. The van der Waals surface area contributed by atoms with Gasteiger partial charge in [0.1, 0.15) is 0 Å². The van der Waals surface area contributed by atoms with Gasteiger partial charge in [-0.05, 0) is 0 Å². The molecule has 2 heterocycles. The van der Waals surface area contributed by atoms with E-state index in [-0.39, 0.29) is 0 Å². The number of H-pyrrole nitrogens is 1. The van der Waals surface area contributed by atoms with Gasteiger partial charge in [-0.2, -0.15) is 20.4 Å². The quantitative estimate of drug-likeness (QED) is 0.751. The standard InChI is InChI=1S/C9H12N6O/c1-16-8-3-5-11-9(13-8)10-4-2-7-6-12-15-14-7/h3,5-6H,2,4H2,1H3,(H,10,11,13)(H,12,14,15). The summed E-state index contributed by atoms with van der Waals surface area (Å²) in [6.07, 6.45) is 4.09. The molecular formula is C9H12N6O. The molecule has 0 amide bonds. The predicted molar refractivity (Wildman–Crippen MR) is 57.2 cm³/mol. The number of hydrogen-bond acceptors (Lipinski definition) is 6. The monoisotopic (exact) mass is 220 g/mol. The molecule has 0 aliphatic carbocycles. The Kier molecular flexibility index (Phi) is 3.27. The van der Waals surface area contributed by atoms with Gasteiger partial charge in [0.15, 0.2) is 0 Å². The molecule has 0 unspecified atom stereocenters. The fourth-order valence-corrected chi connectivity index (χ4v) is 1.19. The summed E-state index contributed by atoms with van der Waals surface area (Å²) in [5, 5.41) is 13.3. The smallest absolute Gasteiger partial charge is 0.225 e. The normalized spacial score (nSPS) is 10.1. The summed E-state index contributed by atoms with van der Waals surface area (Å²) in [5.41, 5.74) is 0.899. The molecule has 2 N–H and O–H groups in total. The minimum absolute atomic E-state index is 0.541. The summed E-state index contributed by atoms with van der Waals surface area (Å²) in [7, 11) is 1.57. The number of aromatic amines is 1. The SMILES string of the molecule is COc1ccnc(NCCc2cn[nH]n2)n1. The average molecular weight is 220 g/mol. The van der Waals surface area contributed by atoms with Gasteiger partial charge in [-0.15, -0.1) is 0 Å². The van der Waals surface area contributed by atoms with Crippen LogP contribution in [-0.2, 0) is 6.42 Å². The third-order valence-electron chi connectivity index (χ3n) is 1.97. The van der Waals surface area contributed by atoms with Gasteiger partial charge in [-0.3, -0.25) is 0 Å². The molecule has 2 rings (SSSR count). The van der Waals surface area contributed by atoms with E-state index in [0.717, 1.165) is 12.1 Å². The van der Waals surface area contributed by atoms with Gasteiger partial charge in [-0.1, -0.05) is 0 Å². The van der Waals surface area contributed by atoms with Crippen LogP contribution in [-0.4, -0.2) is 39.0 Å². The lowest BCUT2D eigenvalue weighted by atomic mass is 10.3. The second-order valence-corrected chi connectivity index (χ2v) is 3.06. The highest BCUT2D eigenvalue weighted by atomic mass is 16.5. The van der Waals surface area contributed by atoms with Crippen LogP contribution >= 0.6 is 0 Å². The lowest BCUT2D eigenvalue weighted by Gasteiger charge is -2.04. The zero-order valence-electron chi connectivity index (χ0n) is 8.84. The first-order chi connectivity index (χ1) is 7.88. The van der Waals surface area contributed by atoms with E-state index in [1.54, 1.807) is 25.6 Å². The highest BCUT2D eigenvalue weighted by molar-refractivity contribution is 5.27. The van der Waals surface area contributed by atoms with Crippen molar-refractivity contribution in [3.8, 4) is 5.88 Å².